The zero-order valence-corrected chi connectivity index (χ0v) is 21.5. The minimum Gasteiger partial charge on any atom is -0.395 e. The van der Waals surface area contributed by atoms with Crippen molar-refractivity contribution in [3.63, 3.8) is 0 Å². The number of rotatable bonds is 8. The number of β-amino-alcohol motifs (C(OH)–C–C–N with tert-alkyl or cyclic N) is 1. The number of fused-ring (bicyclic) bond motifs is 1. The summed E-state index contributed by atoms with van der Waals surface area (Å²) in [6.07, 6.45) is 1.51. The van der Waals surface area contributed by atoms with Crippen molar-refractivity contribution in [2.45, 2.75) is 83.7 Å². The number of amides is 3. The molecule has 3 aliphatic heterocycles. The van der Waals surface area contributed by atoms with Gasteiger partial charge >= 0.3 is 0 Å². The molecule has 1 aromatic carbocycles. The van der Waals surface area contributed by atoms with Crippen LogP contribution in [0.4, 0.5) is 0 Å². The first kappa shape index (κ1) is 25.6. The van der Waals surface area contributed by atoms with E-state index in [0.717, 1.165) is 12.0 Å². The Balaban J connectivity index is 1.58. The van der Waals surface area contributed by atoms with Crippen LogP contribution in [0.5, 0.6) is 0 Å². The van der Waals surface area contributed by atoms with E-state index in [9.17, 15) is 19.5 Å². The summed E-state index contributed by atoms with van der Waals surface area (Å²) in [6.45, 7) is 10.4. The number of benzene rings is 1. The molecule has 3 heterocycles. The van der Waals surface area contributed by atoms with E-state index in [1.165, 1.54) is 4.90 Å². The quantitative estimate of drug-likeness (QED) is 0.522. The molecule has 0 radical (unpaired) electrons. The number of carbonyl (C=O) groups excluding carboxylic acids is 3. The summed E-state index contributed by atoms with van der Waals surface area (Å²) in [5, 5.41) is 15.8. The second-order valence-corrected chi connectivity index (χ2v) is 12.1. The number of aliphatic hydroxyl groups excluding tert-OH is 1. The van der Waals surface area contributed by atoms with Crippen LogP contribution in [0.25, 0.3) is 0 Å². The molecule has 192 valence electrons. The van der Waals surface area contributed by atoms with Crippen molar-refractivity contribution in [1.29, 1.82) is 0 Å². The third-order valence-corrected chi connectivity index (χ3v) is 7.44. The van der Waals surface area contributed by atoms with Gasteiger partial charge in [-0.25, -0.2) is 0 Å². The number of nitrogens with one attached hydrogen (secondary N) is 2. The van der Waals surface area contributed by atoms with Crippen LogP contribution in [0.15, 0.2) is 30.3 Å². The molecule has 3 fully saturated rings. The lowest BCUT2D eigenvalue weighted by Crippen LogP contribution is -2.59. The summed E-state index contributed by atoms with van der Waals surface area (Å²) >= 11 is 0. The largest absolute Gasteiger partial charge is 0.395 e. The van der Waals surface area contributed by atoms with Crippen molar-refractivity contribution < 1.29 is 24.2 Å². The zero-order chi connectivity index (χ0) is 25.6. The second kappa shape index (κ2) is 9.21. The highest BCUT2D eigenvalue weighted by Gasteiger charge is 2.74. The standard InChI is InChI=1S/C27H39N3O5/c1-25(2,3)16-26(4,5)29-23(33)21-27-12-11-18(35-27)19(20(27)24(34)30(21)13-14-31)22(32)28-15-17-9-7-6-8-10-17/h6-10,18-21,31H,11-16H2,1-5H3,(H,28,32)(H,29,33)/t18-,19+,20+,21?,27?/m1/s1. The summed E-state index contributed by atoms with van der Waals surface area (Å²) in [5.41, 5.74) is -0.579. The Morgan fingerprint density at radius 3 is 2.46 bits per heavy atom. The maximum Gasteiger partial charge on any atom is 0.246 e. The Morgan fingerprint density at radius 2 is 1.83 bits per heavy atom. The van der Waals surface area contributed by atoms with Crippen LogP contribution in [-0.4, -0.2) is 64.2 Å². The van der Waals surface area contributed by atoms with Gasteiger partial charge in [-0.1, -0.05) is 51.1 Å². The van der Waals surface area contributed by atoms with Crippen LogP contribution in [-0.2, 0) is 25.7 Å². The molecule has 3 amide bonds. The lowest BCUT2D eigenvalue weighted by atomic mass is 9.70. The van der Waals surface area contributed by atoms with Gasteiger partial charge in [-0.15, -0.1) is 0 Å². The Morgan fingerprint density at radius 1 is 1.14 bits per heavy atom. The van der Waals surface area contributed by atoms with Crippen LogP contribution < -0.4 is 10.6 Å². The monoisotopic (exact) mass is 485 g/mol. The smallest absolute Gasteiger partial charge is 0.246 e. The molecule has 8 nitrogen and oxygen atoms in total. The van der Waals surface area contributed by atoms with Crippen LogP contribution in [0.1, 0.15) is 59.4 Å². The molecule has 1 aromatic rings. The summed E-state index contributed by atoms with van der Waals surface area (Å²) in [5.74, 6) is -2.17. The van der Waals surface area contributed by atoms with Crippen molar-refractivity contribution in [2.24, 2.45) is 17.3 Å². The molecule has 1 spiro atoms. The first-order valence-corrected chi connectivity index (χ1v) is 12.6. The van der Waals surface area contributed by atoms with Crippen molar-refractivity contribution in [3.05, 3.63) is 35.9 Å². The molecule has 35 heavy (non-hydrogen) atoms. The minimum atomic E-state index is -1.05. The van der Waals surface area contributed by atoms with Gasteiger partial charge in [0.1, 0.15) is 11.6 Å². The Hall–Kier alpha value is -2.45. The fourth-order valence-electron chi connectivity index (χ4n) is 6.78. The van der Waals surface area contributed by atoms with Crippen LogP contribution in [0.3, 0.4) is 0 Å². The molecule has 5 atom stereocenters. The number of nitrogens with zero attached hydrogens (tertiary/aromatic N) is 1. The van der Waals surface area contributed by atoms with E-state index in [1.807, 2.05) is 44.2 Å². The molecular weight excluding hydrogens is 446 g/mol. The summed E-state index contributed by atoms with van der Waals surface area (Å²) in [7, 11) is 0. The Bertz CT molecular complexity index is 973. The van der Waals surface area contributed by atoms with Gasteiger partial charge in [-0.3, -0.25) is 14.4 Å². The molecule has 8 heteroatoms. The maximum atomic E-state index is 13.7. The topological polar surface area (TPSA) is 108 Å². The summed E-state index contributed by atoms with van der Waals surface area (Å²) in [6, 6.07) is 8.73. The van der Waals surface area contributed by atoms with E-state index >= 15 is 0 Å². The van der Waals surface area contributed by atoms with Gasteiger partial charge in [0.25, 0.3) is 0 Å². The number of ether oxygens (including phenoxy) is 1. The second-order valence-electron chi connectivity index (χ2n) is 12.1. The molecule has 4 rings (SSSR count). The van der Waals surface area contributed by atoms with Crippen molar-refractivity contribution in [3.8, 4) is 0 Å². The first-order chi connectivity index (χ1) is 16.4. The fourth-order valence-corrected chi connectivity index (χ4v) is 6.78. The van der Waals surface area contributed by atoms with E-state index in [0.29, 0.717) is 19.4 Å². The van der Waals surface area contributed by atoms with E-state index in [1.54, 1.807) is 0 Å². The number of likely N-dealkylation sites (tertiary alicyclic amines) is 1. The lowest BCUT2D eigenvalue weighted by Gasteiger charge is -2.38. The normalized spacial score (nSPS) is 29.9. The Labute approximate surface area is 207 Å². The summed E-state index contributed by atoms with van der Waals surface area (Å²) < 4.78 is 6.40. The Kier molecular flexibility index (Phi) is 6.74. The zero-order valence-electron chi connectivity index (χ0n) is 21.5. The average molecular weight is 486 g/mol. The van der Waals surface area contributed by atoms with E-state index in [2.05, 4.69) is 31.4 Å². The molecule has 3 aliphatic rings. The van der Waals surface area contributed by atoms with Crippen LogP contribution >= 0.6 is 0 Å². The molecular formula is C27H39N3O5. The van der Waals surface area contributed by atoms with Gasteiger partial charge in [-0.2, -0.15) is 0 Å². The van der Waals surface area contributed by atoms with Gasteiger partial charge in [0.15, 0.2) is 0 Å². The molecule has 0 aliphatic carbocycles. The van der Waals surface area contributed by atoms with Gasteiger partial charge in [0, 0.05) is 18.6 Å². The number of aliphatic hydroxyl groups is 1. The molecule has 3 N–H and O–H groups in total. The predicted molar refractivity (Wildman–Crippen MR) is 131 cm³/mol. The van der Waals surface area contributed by atoms with E-state index < -0.39 is 35.1 Å². The van der Waals surface area contributed by atoms with Crippen molar-refractivity contribution >= 4 is 17.7 Å². The van der Waals surface area contributed by atoms with E-state index in [4.69, 9.17) is 4.74 Å². The first-order valence-electron chi connectivity index (χ1n) is 12.6. The third-order valence-electron chi connectivity index (χ3n) is 7.44. The van der Waals surface area contributed by atoms with Crippen molar-refractivity contribution in [1.82, 2.24) is 15.5 Å². The lowest BCUT2D eigenvalue weighted by molar-refractivity contribution is -0.143. The third kappa shape index (κ3) is 4.83. The number of hydrogen-bond acceptors (Lipinski definition) is 5. The van der Waals surface area contributed by atoms with Gasteiger partial charge < -0.3 is 25.4 Å². The molecule has 3 saturated heterocycles. The van der Waals surface area contributed by atoms with Gasteiger partial charge in [-0.05, 0) is 44.1 Å². The molecule has 2 bridgehead atoms. The molecule has 0 saturated carbocycles. The summed E-state index contributed by atoms with van der Waals surface area (Å²) in [4.78, 5) is 42.1. The van der Waals surface area contributed by atoms with Crippen LogP contribution in [0.2, 0.25) is 0 Å². The maximum absolute atomic E-state index is 13.7. The van der Waals surface area contributed by atoms with Crippen LogP contribution in [0, 0.1) is 17.3 Å². The van der Waals surface area contributed by atoms with E-state index in [-0.39, 0.29) is 36.3 Å². The highest BCUT2D eigenvalue weighted by Crippen LogP contribution is 2.58. The average Bonchev–Trinajstić information content (AvgIpc) is 3.38. The highest BCUT2D eigenvalue weighted by atomic mass is 16.5. The van der Waals surface area contributed by atoms with Crippen molar-refractivity contribution in [2.75, 3.05) is 13.2 Å². The number of carbonyl (C=O) groups is 3. The van der Waals surface area contributed by atoms with Gasteiger partial charge in [0.05, 0.1) is 24.5 Å². The molecule has 0 aromatic heterocycles. The fraction of sp³-hybridized carbons (Fsp3) is 0.667. The predicted octanol–water partition coefficient (Wildman–Crippen LogP) is 2.00. The number of hydrogen-bond donors (Lipinski definition) is 3. The van der Waals surface area contributed by atoms with Gasteiger partial charge in [0.2, 0.25) is 17.7 Å². The minimum absolute atomic E-state index is 0.00185. The molecule has 2 unspecified atom stereocenters. The SMILES string of the molecule is CC(C)(C)CC(C)(C)NC(=O)C1N(CCO)C(=O)[C@@H]2[C@@H](C(=O)NCc3ccccc3)[C@H]3CCC12O3. The highest BCUT2D eigenvalue weighted by molar-refractivity contribution is 5.99.